The summed E-state index contributed by atoms with van der Waals surface area (Å²) < 4.78 is 5.70. The third-order valence-corrected chi connectivity index (χ3v) is 3.80. The number of halogens is 1. The van der Waals surface area contributed by atoms with E-state index in [1.807, 2.05) is 12.1 Å². The monoisotopic (exact) mass is 347 g/mol. The molecule has 2 aromatic rings. The Morgan fingerprint density at radius 2 is 1.86 bits per heavy atom. The lowest BCUT2D eigenvalue weighted by Crippen LogP contribution is -1.88. The maximum absolute atomic E-state index is 9.77. The number of phenols is 1. The highest BCUT2D eigenvalue weighted by Crippen LogP contribution is 2.34. The second-order valence-electron chi connectivity index (χ2n) is 5.06. The lowest BCUT2D eigenvalue weighted by atomic mass is 10.0. The summed E-state index contributed by atoms with van der Waals surface area (Å²) in [5, 5.41) is 9.77. The van der Waals surface area contributed by atoms with Gasteiger partial charge in [-0.3, -0.25) is 4.99 Å². The van der Waals surface area contributed by atoms with Crippen molar-refractivity contribution in [3.63, 3.8) is 0 Å². The first-order valence-corrected chi connectivity index (χ1v) is 7.51. The minimum Gasteiger partial charge on any atom is -0.503 e. The van der Waals surface area contributed by atoms with Gasteiger partial charge in [0.15, 0.2) is 11.5 Å². The Morgan fingerprint density at radius 3 is 2.43 bits per heavy atom. The van der Waals surface area contributed by atoms with Gasteiger partial charge in [-0.15, -0.1) is 0 Å². The Balaban J connectivity index is 2.23. The Kier molecular flexibility index (Phi) is 5.02. The van der Waals surface area contributed by atoms with E-state index in [9.17, 15) is 5.11 Å². The number of hydrogen-bond donors (Lipinski definition) is 1. The van der Waals surface area contributed by atoms with Crippen LogP contribution in [-0.4, -0.2) is 18.4 Å². The standard InChI is InChI=1S/C17H18BrNO2/c1-11(2)13-4-6-14(7-5-13)19-10-12-8-15(18)17(20)16(9-12)21-3/h4-11,20H,1-3H3. The largest absolute Gasteiger partial charge is 0.503 e. The van der Waals surface area contributed by atoms with Gasteiger partial charge in [0.25, 0.3) is 0 Å². The second-order valence-corrected chi connectivity index (χ2v) is 5.91. The summed E-state index contributed by atoms with van der Waals surface area (Å²) in [6, 6.07) is 11.7. The molecule has 0 spiro atoms. The Morgan fingerprint density at radius 1 is 1.19 bits per heavy atom. The fourth-order valence-corrected chi connectivity index (χ4v) is 2.38. The number of benzene rings is 2. The average molecular weight is 348 g/mol. The molecule has 2 aromatic carbocycles. The number of aromatic hydroxyl groups is 1. The number of phenolic OH excluding ortho intramolecular Hbond substituents is 1. The molecule has 0 aromatic heterocycles. The number of ether oxygens (including phenoxy) is 1. The third kappa shape index (κ3) is 3.85. The smallest absolute Gasteiger partial charge is 0.172 e. The van der Waals surface area contributed by atoms with Crippen molar-refractivity contribution < 1.29 is 9.84 Å². The molecule has 0 aliphatic rings. The molecule has 0 radical (unpaired) electrons. The summed E-state index contributed by atoms with van der Waals surface area (Å²) in [7, 11) is 1.52. The third-order valence-electron chi connectivity index (χ3n) is 3.19. The van der Waals surface area contributed by atoms with Crippen LogP contribution in [0.4, 0.5) is 5.69 Å². The zero-order chi connectivity index (χ0) is 15.4. The summed E-state index contributed by atoms with van der Waals surface area (Å²) in [5.74, 6) is 1.03. The van der Waals surface area contributed by atoms with Crippen LogP contribution in [-0.2, 0) is 0 Å². The van der Waals surface area contributed by atoms with Gasteiger partial charge in [0, 0.05) is 6.21 Å². The molecule has 0 heterocycles. The number of hydrogen-bond acceptors (Lipinski definition) is 3. The summed E-state index contributed by atoms with van der Waals surface area (Å²) in [4.78, 5) is 4.44. The molecule has 0 aliphatic carbocycles. The summed E-state index contributed by atoms with van der Waals surface area (Å²) in [5.41, 5.74) is 3.04. The number of nitrogens with zero attached hydrogens (tertiary/aromatic N) is 1. The number of aliphatic imine (C=N–C) groups is 1. The van der Waals surface area contributed by atoms with Crippen molar-refractivity contribution in [3.05, 3.63) is 52.0 Å². The van der Waals surface area contributed by atoms with E-state index < -0.39 is 0 Å². The van der Waals surface area contributed by atoms with Gasteiger partial charge in [-0.05, 0) is 57.2 Å². The molecular formula is C17H18BrNO2. The van der Waals surface area contributed by atoms with Gasteiger partial charge >= 0.3 is 0 Å². The van der Waals surface area contributed by atoms with Crippen molar-refractivity contribution in [2.75, 3.05) is 7.11 Å². The van der Waals surface area contributed by atoms with Gasteiger partial charge in [-0.2, -0.15) is 0 Å². The second kappa shape index (κ2) is 6.76. The van der Waals surface area contributed by atoms with Crippen molar-refractivity contribution >= 4 is 27.8 Å². The van der Waals surface area contributed by atoms with E-state index in [0.717, 1.165) is 11.3 Å². The van der Waals surface area contributed by atoms with Crippen LogP contribution < -0.4 is 4.74 Å². The highest BCUT2D eigenvalue weighted by atomic mass is 79.9. The molecule has 0 amide bonds. The highest BCUT2D eigenvalue weighted by molar-refractivity contribution is 9.10. The lowest BCUT2D eigenvalue weighted by Gasteiger charge is -2.06. The minimum atomic E-state index is 0.0935. The van der Waals surface area contributed by atoms with E-state index >= 15 is 0 Å². The molecule has 0 saturated carbocycles. The van der Waals surface area contributed by atoms with Crippen molar-refractivity contribution in [1.29, 1.82) is 0 Å². The highest BCUT2D eigenvalue weighted by Gasteiger charge is 2.07. The quantitative estimate of drug-likeness (QED) is 0.787. The van der Waals surface area contributed by atoms with Crippen LogP contribution in [0.1, 0.15) is 30.9 Å². The van der Waals surface area contributed by atoms with Crippen LogP contribution in [0.15, 0.2) is 45.9 Å². The number of rotatable bonds is 4. The molecule has 0 bridgehead atoms. The van der Waals surface area contributed by atoms with Gasteiger partial charge in [-0.25, -0.2) is 0 Å². The molecule has 0 atom stereocenters. The van der Waals surface area contributed by atoms with E-state index in [1.54, 1.807) is 18.3 Å². The SMILES string of the molecule is COc1cc(C=Nc2ccc(C(C)C)cc2)cc(Br)c1O. The molecule has 110 valence electrons. The molecule has 0 unspecified atom stereocenters. The molecule has 3 nitrogen and oxygen atoms in total. The van der Waals surface area contributed by atoms with Crippen molar-refractivity contribution in [1.82, 2.24) is 0 Å². The van der Waals surface area contributed by atoms with E-state index in [1.165, 1.54) is 12.7 Å². The van der Waals surface area contributed by atoms with E-state index in [2.05, 4.69) is 46.9 Å². The first kappa shape index (κ1) is 15.6. The van der Waals surface area contributed by atoms with Gasteiger partial charge < -0.3 is 9.84 Å². The first-order chi connectivity index (χ1) is 10.0. The van der Waals surface area contributed by atoms with Gasteiger partial charge in [0.05, 0.1) is 17.3 Å². The Hall–Kier alpha value is -1.81. The first-order valence-electron chi connectivity index (χ1n) is 6.71. The van der Waals surface area contributed by atoms with Crippen LogP contribution >= 0.6 is 15.9 Å². The van der Waals surface area contributed by atoms with Crippen LogP contribution in [0.5, 0.6) is 11.5 Å². The summed E-state index contributed by atoms with van der Waals surface area (Å²) in [6.45, 7) is 4.33. The average Bonchev–Trinajstić information content (AvgIpc) is 2.48. The van der Waals surface area contributed by atoms with Crippen molar-refractivity contribution in [2.45, 2.75) is 19.8 Å². The zero-order valence-corrected chi connectivity index (χ0v) is 13.9. The molecule has 0 fully saturated rings. The fraction of sp³-hybridized carbons (Fsp3) is 0.235. The van der Waals surface area contributed by atoms with Crippen LogP contribution in [0.2, 0.25) is 0 Å². The van der Waals surface area contributed by atoms with Crippen molar-refractivity contribution in [3.8, 4) is 11.5 Å². The maximum Gasteiger partial charge on any atom is 0.172 e. The molecule has 4 heteroatoms. The fourth-order valence-electron chi connectivity index (χ4n) is 1.92. The molecule has 2 rings (SSSR count). The number of methoxy groups -OCH3 is 1. The molecule has 0 aliphatic heterocycles. The lowest BCUT2D eigenvalue weighted by molar-refractivity contribution is 0.372. The molecule has 0 saturated heterocycles. The van der Waals surface area contributed by atoms with Gasteiger partial charge in [0.2, 0.25) is 0 Å². The predicted octanol–water partition coefficient (Wildman–Crippen LogP) is 5.04. The van der Waals surface area contributed by atoms with Gasteiger partial charge in [-0.1, -0.05) is 26.0 Å². The normalized spacial score (nSPS) is 11.3. The van der Waals surface area contributed by atoms with Gasteiger partial charge in [0.1, 0.15) is 0 Å². The Labute approximate surface area is 133 Å². The van der Waals surface area contributed by atoms with Crippen LogP contribution in [0.25, 0.3) is 0 Å². The van der Waals surface area contributed by atoms with Crippen molar-refractivity contribution in [2.24, 2.45) is 4.99 Å². The molecular weight excluding hydrogens is 330 g/mol. The van der Waals surface area contributed by atoms with E-state index in [0.29, 0.717) is 16.1 Å². The molecule has 1 N–H and O–H groups in total. The topological polar surface area (TPSA) is 41.8 Å². The van der Waals surface area contributed by atoms with Crippen LogP contribution in [0.3, 0.4) is 0 Å². The molecule has 21 heavy (non-hydrogen) atoms. The summed E-state index contributed by atoms with van der Waals surface area (Å²) in [6.07, 6.45) is 1.75. The van der Waals surface area contributed by atoms with E-state index in [-0.39, 0.29) is 5.75 Å². The summed E-state index contributed by atoms with van der Waals surface area (Å²) >= 11 is 3.30. The predicted molar refractivity (Wildman–Crippen MR) is 90.1 cm³/mol. The Bertz CT molecular complexity index is 649. The van der Waals surface area contributed by atoms with Crippen LogP contribution in [0, 0.1) is 0 Å². The maximum atomic E-state index is 9.77. The van der Waals surface area contributed by atoms with E-state index in [4.69, 9.17) is 4.74 Å². The minimum absolute atomic E-state index is 0.0935. The zero-order valence-electron chi connectivity index (χ0n) is 12.3.